The quantitative estimate of drug-likeness (QED) is 0.763. The van der Waals surface area contributed by atoms with Crippen LogP contribution in [-0.4, -0.2) is 6.54 Å². The summed E-state index contributed by atoms with van der Waals surface area (Å²) in [4.78, 5) is 0. The van der Waals surface area contributed by atoms with Gasteiger partial charge in [-0.25, -0.2) is 0 Å². The first kappa shape index (κ1) is 13.6. The summed E-state index contributed by atoms with van der Waals surface area (Å²) < 4.78 is 0. The van der Waals surface area contributed by atoms with Gasteiger partial charge in [0, 0.05) is 6.54 Å². The second-order valence-electron chi connectivity index (χ2n) is 6.02. The van der Waals surface area contributed by atoms with E-state index in [-0.39, 0.29) is 0 Å². The molecule has 0 radical (unpaired) electrons. The van der Waals surface area contributed by atoms with E-state index in [1.807, 2.05) is 0 Å². The van der Waals surface area contributed by atoms with Gasteiger partial charge in [0.2, 0.25) is 0 Å². The molecule has 0 aliphatic heterocycles. The van der Waals surface area contributed by atoms with E-state index in [1.165, 1.54) is 49.8 Å². The van der Waals surface area contributed by atoms with Crippen molar-refractivity contribution in [1.82, 2.24) is 5.32 Å². The molecule has 1 heteroatoms. The van der Waals surface area contributed by atoms with Crippen LogP contribution in [0.4, 0.5) is 0 Å². The summed E-state index contributed by atoms with van der Waals surface area (Å²) in [5.41, 5.74) is 2.84. The van der Waals surface area contributed by atoms with Crippen molar-refractivity contribution in [2.45, 2.75) is 52.5 Å². The normalized spacial score (nSPS) is 24.1. The number of nitrogens with one attached hydrogen (secondary N) is 1. The molecule has 18 heavy (non-hydrogen) atoms. The number of rotatable bonds is 5. The highest BCUT2D eigenvalue weighted by Crippen LogP contribution is 2.29. The summed E-state index contributed by atoms with van der Waals surface area (Å²) in [6.07, 6.45) is 7.16. The van der Waals surface area contributed by atoms with Crippen LogP contribution in [0.3, 0.4) is 0 Å². The molecule has 1 aliphatic carbocycles. The number of hydrogen-bond acceptors (Lipinski definition) is 1. The minimum atomic E-state index is 0.973. The van der Waals surface area contributed by atoms with E-state index in [2.05, 4.69) is 43.4 Å². The zero-order chi connectivity index (χ0) is 12.8. The summed E-state index contributed by atoms with van der Waals surface area (Å²) in [6, 6.07) is 8.67. The maximum atomic E-state index is 3.60. The topological polar surface area (TPSA) is 12.0 Å². The summed E-state index contributed by atoms with van der Waals surface area (Å²) in [6.45, 7) is 6.79. The minimum Gasteiger partial charge on any atom is -0.313 e. The fourth-order valence-corrected chi connectivity index (χ4v) is 2.96. The van der Waals surface area contributed by atoms with Crippen LogP contribution in [0.5, 0.6) is 0 Å². The first-order valence-electron chi connectivity index (χ1n) is 7.51. The van der Waals surface area contributed by atoms with Gasteiger partial charge in [0.25, 0.3) is 0 Å². The number of benzene rings is 1. The molecular weight excluding hydrogens is 218 g/mol. The van der Waals surface area contributed by atoms with Crippen LogP contribution in [0.15, 0.2) is 24.3 Å². The Kier molecular flexibility index (Phi) is 5.25. The Morgan fingerprint density at radius 2 is 1.83 bits per heavy atom. The van der Waals surface area contributed by atoms with Crippen molar-refractivity contribution in [3.05, 3.63) is 35.4 Å². The molecule has 1 aromatic carbocycles. The predicted molar refractivity (Wildman–Crippen MR) is 78.6 cm³/mol. The van der Waals surface area contributed by atoms with E-state index in [1.54, 1.807) is 0 Å². The number of hydrogen-bond donors (Lipinski definition) is 1. The summed E-state index contributed by atoms with van der Waals surface area (Å²) in [7, 11) is 0. The van der Waals surface area contributed by atoms with Crippen LogP contribution >= 0.6 is 0 Å². The molecule has 0 saturated heterocycles. The third kappa shape index (κ3) is 4.13. The van der Waals surface area contributed by atoms with E-state index in [9.17, 15) is 0 Å². The second kappa shape index (κ2) is 6.94. The van der Waals surface area contributed by atoms with Gasteiger partial charge in [-0.05, 0) is 42.9 Å². The highest BCUT2D eigenvalue weighted by Gasteiger charge is 2.17. The van der Waals surface area contributed by atoms with E-state index in [4.69, 9.17) is 0 Å². The summed E-state index contributed by atoms with van der Waals surface area (Å²) >= 11 is 0. The van der Waals surface area contributed by atoms with Crippen molar-refractivity contribution >= 4 is 0 Å². The van der Waals surface area contributed by atoms with Gasteiger partial charge in [0.1, 0.15) is 0 Å². The van der Waals surface area contributed by atoms with Crippen molar-refractivity contribution < 1.29 is 0 Å². The molecule has 1 fully saturated rings. The van der Waals surface area contributed by atoms with Crippen LogP contribution in [0, 0.1) is 18.8 Å². The fourth-order valence-electron chi connectivity index (χ4n) is 2.96. The predicted octanol–water partition coefficient (Wildman–Crippen LogP) is 4.30. The standard InChI is InChI=1S/C17H27N/c1-14-7-9-16(10-8-14)11-12-18-13-17-6-4-3-5-15(17)2/h3-6,14,16,18H,7-13H2,1-2H3. The molecule has 1 aliphatic rings. The van der Waals surface area contributed by atoms with Crippen LogP contribution in [0.2, 0.25) is 0 Å². The van der Waals surface area contributed by atoms with Crippen LogP contribution < -0.4 is 5.32 Å². The molecule has 2 rings (SSSR count). The van der Waals surface area contributed by atoms with E-state index < -0.39 is 0 Å². The van der Waals surface area contributed by atoms with Crippen molar-refractivity contribution in [2.75, 3.05) is 6.54 Å². The molecule has 0 unspecified atom stereocenters. The van der Waals surface area contributed by atoms with E-state index >= 15 is 0 Å². The van der Waals surface area contributed by atoms with E-state index in [0.717, 1.165) is 18.4 Å². The first-order chi connectivity index (χ1) is 8.75. The maximum Gasteiger partial charge on any atom is 0.0208 e. The molecule has 1 saturated carbocycles. The Hall–Kier alpha value is -0.820. The summed E-state index contributed by atoms with van der Waals surface area (Å²) in [5, 5.41) is 3.60. The lowest BCUT2D eigenvalue weighted by atomic mass is 9.81. The molecule has 1 N–H and O–H groups in total. The monoisotopic (exact) mass is 245 g/mol. The van der Waals surface area contributed by atoms with Crippen molar-refractivity contribution in [3.63, 3.8) is 0 Å². The Labute approximate surface area is 112 Å². The highest BCUT2D eigenvalue weighted by atomic mass is 14.8. The van der Waals surface area contributed by atoms with Crippen molar-refractivity contribution in [1.29, 1.82) is 0 Å². The fraction of sp³-hybridized carbons (Fsp3) is 0.647. The van der Waals surface area contributed by atoms with Crippen LogP contribution in [-0.2, 0) is 6.54 Å². The molecule has 1 aromatic rings. The first-order valence-corrected chi connectivity index (χ1v) is 7.51. The highest BCUT2D eigenvalue weighted by molar-refractivity contribution is 5.25. The zero-order valence-corrected chi connectivity index (χ0v) is 11.9. The lowest BCUT2D eigenvalue weighted by Gasteiger charge is -2.26. The largest absolute Gasteiger partial charge is 0.313 e. The van der Waals surface area contributed by atoms with Gasteiger partial charge < -0.3 is 5.32 Å². The molecule has 0 atom stereocenters. The van der Waals surface area contributed by atoms with E-state index in [0.29, 0.717) is 0 Å². The molecule has 100 valence electrons. The van der Waals surface area contributed by atoms with Gasteiger partial charge in [-0.15, -0.1) is 0 Å². The van der Waals surface area contributed by atoms with Gasteiger partial charge in [-0.1, -0.05) is 56.9 Å². The average molecular weight is 245 g/mol. The Balaban J connectivity index is 1.63. The van der Waals surface area contributed by atoms with Gasteiger partial charge in [0.05, 0.1) is 0 Å². The van der Waals surface area contributed by atoms with Gasteiger partial charge in [0.15, 0.2) is 0 Å². The Bertz CT molecular complexity index is 350. The Morgan fingerprint density at radius 1 is 1.11 bits per heavy atom. The average Bonchev–Trinajstić information content (AvgIpc) is 2.39. The van der Waals surface area contributed by atoms with Crippen LogP contribution in [0.1, 0.15) is 50.2 Å². The smallest absolute Gasteiger partial charge is 0.0208 e. The van der Waals surface area contributed by atoms with Crippen LogP contribution in [0.25, 0.3) is 0 Å². The second-order valence-corrected chi connectivity index (χ2v) is 6.02. The van der Waals surface area contributed by atoms with Gasteiger partial charge in [-0.2, -0.15) is 0 Å². The SMILES string of the molecule is Cc1ccccc1CNCCC1CCC(C)CC1. The van der Waals surface area contributed by atoms with Gasteiger partial charge in [-0.3, -0.25) is 0 Å². The molecule has 0 aromatic heterocycles. The minimum absolute atomic E-state index is 0.973. The lowest BCUT2D eigenvalue weighted by molar-refractivity contribution is 0.275. The molecule has 0 bridgehead atoms. The molecule has 0 heterocycles. The molecule has 1 nitrogen and oxygen atoms in total. The third-order valence-corrected chi connectivity index (χ3v) is 4.44. The summed E-state index contributed by atoms with van der Waals surface area (Å²) in [5.74, 6) is 1.95. The molecule has 0 spiro atoms. The molecule has 0 amide bonds. The Morgan fingerprint density at radius 3 is 2.56 bits per heavy atom. The van der Waals surface area contributed by atoms with Gasteiger partial charge >= 0.3 is 0 Å². The zero-order valence-electron chi connectivity index (χ0n) is 11.9. The third-order valence-electron chi connectivity index (χ3n) is 4.44. The maximum absolute atomic E-state index is 3.60. The lowest BCUT2D eigenvalue weighted by Crippen LogP contribution is -2.20. The molecular formula is C17H27N. The number of aryl methyl sites for hydroxylation is 1. The van der Waals surface area contributed by atoms with Crippen molar-refractivity contribution in [3.8, 4) is 0 Å². The van der Waals surface area contributed by atoms with Crippen molar-refractivity contribution in [2.24, 2.45) is 11.8 Å².